The third-order valence-electron chi connectivity index (χ3n) is 7.42. The average molecular weight is 545 g/mol. The zero-order valence-electron chi connectivity index (χ0n) is 22.2. The van der Waals surface area contributed by atoms with Crippen LogP contribution in [0.3, 0.4) is 0 Å². The molecule has 1 amide bonds. The number of carbonyl (C=O) groups excluding carboxylic acids is 1. The van der Waals surface area contributed by atoms with Crippen LogP contribution in [-0.4, -0.2) is 49.9 Å². The zero-order chi connectivity index (χ0) is 27.5. The van der Waals surface area contributed by atoms with E-state index < -0.39 is 5.54 Å². The third-order valence-corrected chi connectivity index (χ3v) is 8.56. The molecular formula is C29H29FN6O2S. The van der Waals surface area contributed by atoms with Crippen molar-refractivity contribution in [2.75, 3.05) is 13.1 Å². The Balaban J connectivity index is 1.17. The number of piperidine rings is 1. The van der Waals surface area contributed by atoms with Crippen LogP contribution in [0.15, 0.2) is 48.8 Å². The predicted octanol–water partition coefficient (Wildman–Crippen LogP) is 4.76. The van der Waals surface area contributed by atoms with Gasteiger partial charge in [0.05, 0.1) is 11.4 Å². The number of hydrogen-bond acceptors (Lipinski definition) is 8. The van der Waals surface area contributed by atoms with Crippen molar-refractivity contribution in [1.82, 2.24) is 24.8 Å². The minimum Gasteiger partial charge on any atom is -0.474 e. The molecule has 2 aliphatic rings. The number of nitrogens with two attached hydrogens (primary N) is 1. The Hall–Kier alpha value is -3.76. The topological polar surface area (TPSA) is 107 Å². The second-order valence-corrected chi connectivity index (χ2v) is 11.9. The summed E-state index contributed by atoms with van der Waals surface area (Å²) < 4.78 is 21.3. The van der Waals surface area contributed by atoms with Gasteiger partial charge in [0.25, 0.3) is 5.91 Å². The Kier molecular flexibility index (Phi) is 6.19. The minimum atomic E-state index is -0.658. The summed E-state index contributed by atoms with van der Waals surface area (Å²) in [6, 6.07) is 10.7. The van der Waals surface area contributed by atoms with Gasteiger partial charge < -0.3 is 15.4 Å². The van der Waals surface area contributed by atoms with Crippen molar-refractivity contribution in [2.24, 2.45) is 17.6 Å². The van der Waals surface area contributed by atoms with Gasteiger partial charge in [-0.15, -0.1) is 11.3 Å². The van der Waals surface area contributed by atoms with E-state index in [2.05, 4.69) is 19.9 Å². The highest BCUT2D eigenvalue weighted by Gasteiger charge is 2.59. The first-order valence-electron chi connectivity index (χ1n) is 12.9. The lowest BCUT2D eigenvalue weighted by atomic mass is 9.94. The molecule has 8 nitrogen and oxygen atoms in total. The smallest absolute Gasteiger partial charge is 0.265 e. The standard InChI is InChI=1S/C29H29FN6O2S/c1-15-7-5-8-18(23(15)30)21-11-17(29(3,4)31)12-22(35-21)38-24-19-13-36(14-20(19)24)28(37)25-16(2)34-27(39-25)26-32-9-6-10-33-26/h5-12,19-20,24H,13-14,31H2,1-4H3/t19-,20+,24-. The number of benzene rings is 1. The van der Waals surface area contributed by atoms with Gasteiger partial charge >= 0.3 is 0 Å². The van der Waals surface area contributed by atoms with E-state index in [9.17, 15) is 9.18 Å². The quantitative estimate of drug-likeness (QED) is 0.373. The number of fused-ring (bicyclic) bond motifs is 1. The first-order valence-corrected chi connectivity index (χ1v) is 13.7. The molecule has 6 rings (SSSR count). The Labute approximate surface area is 230 Å². The van der Waals surface area contributed by atoms with E-state index in [0.29, 0.717) is 57.2 Å². The van der Waals surface area contributed by atoms with Gasteiger partial charge in [0.1, 0.15) is 16.8 Å². The van der Waals surface area contributed by atoms with Crippen molar-refractivity contribution in [3.63, 3.8) is 0 Å². The Bertz CT molecular complexity index is 1560. The molecule has 2 fully saturated rings. The number of aryl methyl sites for hydroxylation is 2. The molecule has 3 atom stereocenters. The fourth-order valence-electron chi connectivity index (χ4n) is 5.12. The predicted molar refractivity (Wildman–Crippen MR) is 147 cm³/mol. The van der Waals surface area contributed by atoms with Crippen molar-refractivity contribution in [3.8, 4) is 28.0 Å². The Morgan fingerprint density at radius 1 is 1.10 bits per heavy atom. The SMILES string of the molecule is Cc1cccc(-c2cc(C(C)(C)N)cc(O[C@@H]3[C@@H]4CN(C(=O)c5sc(-c6ncccn6)nc5C)C[C@@H]43)n2)c1F. The molecule has 0 bridgehead atoms. The van der Waals surface area contributed by atoms with Crippen LogP contribution in [0.2, 0.25) is 0 Å². The third kappa shape index (κ3) is 4.79. The first kappa shape index (κ1) is 25.5. The molecule has 4 heterocycles. The molecule has 1 aliphatic heterocycles. The number of halogens is 1. The average Bonchev–Trinajstić information content (AvgIpc) is 3.22. The summed E-state index contributed by atoms with van der Waals surface area (Å²) >= 11 is 1.32. The van der Waals surface area contributed by atoms with E-state index in [0.717, 1.165) is 5.56 Å². The highest BCUT2D eigenvalue weighted by molar-refractivity contribution is 7.17. The van der Waals surface area contributed by atoms with Gasteiger partial charge in [-0.1, -0.05) is 12.1 Å². The summed E-state index contributed by atoms with van der Waals surface area (Å²) in [5, 5.41) is 0.636. The molecule has 1 saturated heterocycles. The number of aromatic nitrogens is 4. The van der Waals surface area contributed by atoms with E-state index >= 15 is 0 Å². The van der Waals surface area contributed by atoms with Crippen molar-refractivity contribution in [2.45, 2.75) is 39.3 Å². The van der Waals surface area contributed by atoms with Gasteiger partial charge in [-0.3, -0.25) is 4.79 Å². The summed E-state index contributed by atoms with van der Waals surface area (Å²) in [6.45, 7) is 8.57. The number of hydrogen-bond donors (Lipinski definition) is 1. The van der Waals surface area contributed by atoms with Crippen LogP contribution in [0.25, 0.3) is 22.1 Å². The number of thiazole rings is 1. The molecule has 1 saturated carbocycles. The summed E-state index contributed by atoms with van der Waals surface area (Å²) in [4.78, 5) is 33.5. The molecule has 39 heavy (non-hydrogen) atoms. The molecular weight excluding hydrogens is 515 g/mol. The minimum absolute atomic E-state index is 0.0275. The highest BCUT2D eigenvalue weighted by atomic mass is 32.1. The molecule has 0 unspecified atom stereocenters. The van der Waals surface area contributed by atoms with E-state index in [1.54, 1.807) is 37.5 Å². The van der Waals surface area contributed by atoms with Crippen molar-refractivity contribution in [1.29, 1.82) is 0 Å². The maximum atomic E-state index is 14.9. The monoisotopic (exact) mass is 544 g/mol. The summed E-state index contributed by atoms with van der Waals surface area (Å²) in [5.41, 5.74) is 8.69. The molecule has 0 spiro atoms. The molecule has 4 aromatic rings. The van der Waals surface area contributed by atoms with Crippen LogP contribution in [0.4, 0.5) is 4.39 Å². The van der Waals surface area contributed by atoms with Crippen LogP contribution in [0.5, 0.6) is 5.88 Å². The second kappa shape index (κ2) is 9.46. The fourth-order valence-corrected chi connectivity index (χ4v) is 6.10. The number of likely N-dealkylation sites (tertiary alicyclic amines) is 1. The largest absolute Gasteiger partial charge is 0.474 e. The van der Waals surface area contributed by atoms with Gasteiger partial charge in [0.15, 0.2) is 10.8 Å². The van der Waals surface area contributed by atoms with Gasteiger partial charge in [0.2, 0.25) is 5.88 Å². The summed E-state index contributed by atoms with van der Waals surface area (Å²) in [5.74, 6) is 1.04. The number of nitrogens with zero attached hydrogens (tertiary/aromatic N) is 5. The van der Waals surface area contributed by atoms with E-state index in [1.807, 2.05) is 43.9 Å². The van der Waals surface area contributed by atoms with Crippen LogP contribution >= 0.6 is 11.3 Å². The number of carbonyl (C=O) groups is 1. The number of amides is 1. The van der Waals surface area contributed by atoms with Crippen LogP contribution in [0.1, 0.15) is 40.3 Å². The van der Waals surface area contributed by atoms with Crippen LogP contribution < -0.4 is 10.5 Å². The zero-order valence-corrected chi connectivity index (χ0v) is 23.0. The normalized spacial score (nSPS) is 20.2. The molecule has 200 valence electrons. The van der Waals surface area contributed by atoms with E-state index in [4.69, 9.17) is 10.5 Å². The molecule has 1 aromatic carbocycles. The van der Waals surface area contributed by atoms with Gasteiger partial charge in [-0.25, -0.2) is 24.3 Å². The maximum absolute atomic E-state index is 14.9. The summed E-state index contributed by atoms with van der Waals surface area (Å²) in [7, 11) is 0. The van der Waals surface area contributed by atoms with E-state index in [-0.39, 0.29) is 29.7 Å². The lowest BCUT2D eigenvalue weighted by Crippen LogP contribution is -2.33. The lowest BCUT2D eigenvalue weighted by Gasteiger charge is -2.22. The van der Waals surface area contributed by atoms with Gasteiger partial charge in [-0.05, 0) is 57.0 Å². The van der Waals surface area contributed by atoms with Crippen molar-refractivity contribution in [3.05, 3.63) is 76.3 Å². The second-order valence-electron chi connectivity index (χ2n) is 10.9. The van der Waals surface area contributed by atoms with Gasteiger partial charge in [-0.2, -0.15) is 0 Å². The Morgan fingerprint density at radius 3 is 2.51 bits per heavy atom. The number of ether oxygens (including phenoxy) is 1. The van der Waals surface area contributed by atoms with Crippen LogP contribution in [0, 0.1) is 31.5 Å². The molecule has 3 aromatic heterocycles. The Morgan fingerprint density at radius 2 is 1.82 bits per heavy atom. The highest BCUT2D eigenvalue weighted by Crippen LogP contribution is 2.48. The van der Waals surface area contributed by atoms with Crippen molar-refractivity contribution < 1.29 is 13.9 Å². The first-order chi connectivity index (χ1) is 18.6. The van der Waals surface area contributed by atoms with Gasteiger partial charge in [0, 0.05) is 54.5 Å². The molecule has 10 heteroatoms. The number of pyridine rings is 1. The molecule has 1 aliphatic carbocycles. The fraction of sp³-hybridized carbons (Fsp3) is 0.345. The summed E-state index contributed by atoms with van der Waals surface area (Å²) in [6.07, 6.45) is 3.27. The lowest BCUT2D eigenvalue weighted by molar-refractivity contribution is 0.0755. The number of rotatable bonds is 6. The van der Waals surface area contributed by atoms with Crippen molar-refractivity contribution >= 4 is 17.2 Å². The van der Waals surface area contributed by atoms with E-state index in [1.165, 1.54) is 11.3 Å². The molecule has 0 radical (unpaired) electrons. The maximum Gasteiger partial charge on any atom is 0.265 e. The van der Waals surface area contributed by atoms with Crippen LogP contribution in [-0.2, 0) is 5.54 Å². The molecule has 2 N–H and O–H groups in total.